The van der Waals surface area contributed by atoms with E-state index in [0.717, 1.165) is 36.6 Å². The first-order valence-corrected chi connectivity index (χ1v) is 10.1. The summed E-state index contributed by atoms with van der Waals surface area (Å²) < 4.78 is 5.84. The first-order chi connectivity index (χ1) is 13.2. The second kappa shape index (κ2) is 8.12. The van der Waals surface area contributed by atoms with Gasteiger partial charge in [-0.05, 0) is 70.6 Å². The van der Waals surface area contributed by atoms with E-state index in [4.69, 9.17) is 15.7 Å². The lowest BCUT2D eigenvalue weighted by atomic mass is 9.71. The van der Waals surface area contributed by atoms with Gasteiger partial charge in [-0.25, -0.2) is 0 Å². The number of H-pyrrole nitrogens is 1. The molecule has 0 amide bonds. The zero-order valence-corrected chi connectivity index (χ0v) is 17.1. The van der Waals surface area contributed by atoms with Gasteiger partial charge in [0.2, 0.25) is 0 Å². The van der Waals surface area contributed by atoms with E-state index in [-0.39, 0.29) is 17.7 Å². The van der Waals surface area contributed by atoms with Crippen molar-refractivity contribution < 1.29 is 9.84 Å². The molecule has 0 bridgehead atoms. The molecule has 1 aromatic carbocycles. The summed E-state index contributed by atoms with van der Waals surface area (Å²) in [6, 6.07) is 9.51. The monoisotopic (exact) mass is 384 g/mol. The number of ether oxygens (including phenoxy) is 1. The Morgan fingerprint density at radius 2 is 2.14 bits per heavy atom. The summed E-state index contributed by atoms with van der Waals surface area (Å²) in [5.74, 6) is 1.22. The van der Waals surface area contributed by atoms with Crippen LogP contribution < -0.4 is 15.8 Å². The molecule has 1 atom stereocenters. The highest BCUT2D eigenvalue weighted by atomic mass is 16.5. The van der Waals surface area contributed by atoms with Crippen molar-refractivity contribution in [2.75, 3.05) is 13.2 Å². The number of rotatable bonds is 7. The normalized spacial score (nSPS) is 24.1. The van der Waals surface area contributed by atoms with Gasteiger partial charge >= 0.3 is 0 Å². The number of nitrogens with one attached hydrogen (secondary N) is 2. The van der Waals surface area contributed by atoms with Crippen molar-refractivity contribution in [2.24, 2.45) is 11.7 Å². The standard InChI is InChI=1S/C22H32N4O2/c1-21(2,24)15-7-9-22(3,10-8-15)25-13-17(27)14-28-20-6-4-5-19-18(20)11-16(12-23)26-19/h4-6,11,15,17,25-27H,7-10,13-14,24H2,1-3H3. The van der Waals surface area contributed by atoms with Crippen LogP contribution in [0.4, 0.5) is 0 Å². The number of β-amino-alcohol motifs (C(OH)–C–C–N with tert-alkyl or cyclic N) is 1. The first kappa shape index (κ1) is 20.7. The van der Waals surface area contributed by atoms with Crippen LogP contribution >= 0.6 is 0 Å². The Morgan fingerprint density at radius 3 is 2.79 bits per heavy atom. The number of hydrogen-bond acceptors (Lipinski definition) is 5. The molecule has 2 aromatic rings. The third kappa shape index (κ3) is 4.85. The molecule has 0 radical (unpaired) electrons. The lowest BCUT2D eigenvalue weighted by Crippen LogP contribution is -2.52. The molecule has 0 saturated heterocycles. The van der Waals surface area contributed by atoms with E-state index in [2.05, 4.69) is 37.1 Å². The van der Waals surface area contributed by atoms with Gasteiger partial charge in [-0.1, -0.05) is 6.07 Å². The van der Waals surface area contributed by atoms with Crippen molar-refractivity contribution in [3.63, 3.8) is 0 Å². The third-order valence-electron chi connectivity index (χ3n) is 6.08. The summed E-state index contributed by atoms with van der Waals surface area (Å²) in [5, 5.41) is 23.8. The van der Waals surface area contributed by atoms with E-state index < -0.39 is 6.10 Å². The highest BCUT2D eigenvalue weighted by Crippen LogP contribution is 2.36. The fourth-order valence-corrected chi connectivity index (χ4v) is 4.10. The van der Waals surface area contributed by atoms with Crippen LogP contribution in [0, 0.1) is 17.2 Å². The molecule has 0 aliphatic heterocycles. The van der Waals surface area contributed by atoms with Gasteiger partial charge in [0, 0.05) is 23.0 Å². The quantitative estimate of drug-likeness (QED) is 0.587. The predicted molar refractivity (Wildman–Crippen MR) is 111 cm³/mol. The van der Waals surface area contributed by atoms with Gasteiger partial charge in [-0.3, -0.25) is 0 Å². The highest BCUT2D eigenvalue weighted by Gasteiger charge is 2.35. The SMILES string of the molecule is CC1(NCC(O)COc2cccc3[nH]c(C#N)cc23)CCC(C(C)(C)N)CC1. The molecule has 6 nitrogen and oxygen atoms in total. The van der Waals surface area contributed by atoms with Crippen LogP contribution in [0.15, 0.2) is 24.3 Å². The summed E-state index contributed by atoms with van der Waals surface area (Å²) in [6.45, 7) is 7.14. The summed E-state index contributed by atoms with van der Waals surface area (Å²) in [5.41, 5.74) is 7.53. The first-order valence-electron chi connectivity index (χ1n) is 10.1. The number of nitrogens with zero attached hydrogens (tertiary/aromatic N) is 1. The molecule has 1 fully saturated rings. The molecular weight excluding hydrogens is 352 g/mol. The lowest BCUT2D eigenvalue weighted by molar-refractivity contribution is 0.0863. The second-order valence-electron chi connectivity index (χ2n) is 9.01. The van der Waals surface area contributed by atoms with Gasteiger partial charge in [0.05, 0.1) is 5.52 Å². The zero-order chi connectivity index (χ0) is 20.4. The minimum absolute atomic E-state index is 0.0328. The average Bonchev–Trinajstić information content (AvgIpc) is 3.08. The van der Waals surface area contributed by atoms with Crippen molar-refractivity contribution in [3.05, 3.63) is 30.0 Å². The van der Waals surface area contributed by atoms with Crippen molar-refractivity contribution in [1.82, 2.24) is 10.3 Å². The number of aliphatic hydroxyl groups is 1. The van der Waals surface area contributed by atoms with E-state index in [0.29, 0.717) is 23.9 Å². The molecule has 1 aliphatic carbocycles. The van der Waals surface area contributed by atoms with E-state index in [1.54, 1.807) is 6.07 Å². The number of aliphatic hydroxyl groups excluding tert-OH is 1. The van der Waals surface area contributed by atoms with Gasteiger partial charge in [0.25, 0.3) is 0 Å². The van der Waals surface area contributed by atoms with Crippen molar-refractivity contribution in [1.29, 1.82) is 5.26 Å². The summed E-state index contributed by atoms with van der Waals surface area (Å²) in [6.07, 6.45) is 3.73. The number of hydrogen-bond donors (Lipinski definition) is 4. The molecule has 1 aliphatic rings. The molecule has 1 aromatic heterocycles. The molecule has 3 rings (SSSR count). The van der Waals surface area contributed by atoms with Gasteiger partial charge in [0.1, 0.15) is 30.2 Å². The number of aromatic amines is 1. The molecule has 28 heavy (non-hydrogen) atoms. The predicted octanol–water partition coefficient (Wildman–Crippen LogP) is 3.06. The zero-order valence-electron chi connectivity index (χ0n) is 17.1. The topological polar surface area (TPSA) is 107 Å². The molecular formula is C22H32N4O2. The Balaban J connectivity index is 1.50. The van der Waals surface area contributed by atoms with Crippen molar-refractivity contribution in [3.8, 4) is 11.8 Å². The van der Waals surface area contributed by atoms with E-state index in [1.165, 1.54) is 0 Å². The van der Waals surface area contributed by atoms with Crippen molar-refractivity contribution >= 4 is 10.9 Å². The number of benzene rings is 1. The maximum absolute atomic E-state index is 10.4. The summed E-state index contributed by atoms with van der Waals surface area (Å²) in [7, 11) is 0. The number of nitrogens with two attached hydrogens (primary N) is 1. The van der Waals surface area contributed by atoms with Gasteiger partial charge in [-0.15, -0.1) is 0 Å². The van der Waals surface area contributed by atoms with Crippen LogP contribution in [0.5, 0.6) is 5.75 Å². The molecule has 0 spiro atoms. The molecule has 1 saturated carbocycles. The Labute approximate surface area is 167 Å². The minimum Gasteiger partial charge on any atom is -0.490 e. The number of fused-ring (bicyclic) bond motifs is 1. The van der Waals surface area contributed by atoms with Gasteiger partial charge in [0.15, 0.2) is 0 Å². The minimum atomic E-state index is -0.606. The summed E-state index contributed by atoms with van der Waals surface area (Å²) >= 11 is 0. The van der Waals surface area contributed by atoms with Crippen molar-refractivity contribution in [2.45, 2.75) is 63.6 Å². The Bertz CT molecular complexity index is 838. The van der Waals surface area contributed by atoms with Crippen LogP contribution in [0.2, 0.25) is 0 Å². The summed E-state index contributed by atoms with van der Waals surface area (Å²) in [4.78, 5) is 3.04. The van der Waals surface area contributed by atoms with E-state index >= 15 is 0 Å². The number of aromatic nitrogens is 1. The molecule has 152 valence electrons. The smallest absolute Gasteiger partial charge is 0.128 e. The van der Waals surface area contributed by atoms with Crippen LogP contribution in [0.1, 0.15) is 52.1 Å². The van der Waals surface area contributed by atoms with E-state index in [1.807, 2.05) is 18.2 Å². The van der Waals surface area contributed by atoms with Gasteiger partial charge in [-0.2, -0.15) is 5.26 Å². The Morgan fingerprint density at radius 1 is 1.43 bits per heavy atom. The van der Waals surface area contributed by atoms with E-state index in [9.17, 15) is 5.11 Å². The molecule has 1 heterocycles. The second-order valence-corrected chi connectivity index (χ2v) is 9.01. The fourth-order valence-electron chi connectivity index (χ4n) is 4.10. The maximum atomic E-state index is 10.4. The van der Waals surface area contributed by atoms with Crippen LogP contribution in [0.3, 0.4) is 0 Å². The maximum Gasteiger partial charge on any atom is 0.128 e. The lowest BCUT2D eigenvalue weighted by Gasteiger charge is -2.43. The largest absolute Gasteiger partial charge is 0.490 e. The van der Waals surface area contributed by atoms with Crippen LogP contribution in [-0.4, -0.2) is 40.4 Å². The molecule has 1 unspecified atom stereocenters. The van der Waals surface area contributed by atoms with Gasteiger partial charge < -0.3 is 25.9 Å². The highest BCUT2D eigenvalue weighted by molar-refractivity contribution is 5.87. The number of nitriles is 1. The third-order valence-corrected chi connectivity index (χ3v) is 6.08. The van der Waals surface area contributed by atoms with Crippen LogP contribution in [-0.2, 0) is 0 Å². The average molecular weight is 385 g/mol. The fraction of sp³-hybridized carbons (Fsp3) is 0.591. The Kier molecular flexibility index (Phi) is 5.99. The molecule has 6 heteroatoms. The van der Waals surface area contributed by atoms with Crippen LogP contribution in [0.25, 0.3) is 10.9 Å². The Hall–Kier alpha value is -2.07. The molecule has 5 N–H and O–H groups in total.